The third kappa shape index (κ3) is 2.66. The van der Waals surface area contributed by atoms with Gasteiger partial charge in [0.15, 0.2) is 0 Å². The summed E-state index contributed by atoms with van der Waals surface area (Å²) in [6.07, 6.45) is 0. The number of rotatable bonds is 4. The van der Waals surface area contributed by atoms with Gasteiger partial charge in [-0.3, -0.25) is 10.1 Å². The zero-order chi connectivity index (χ0) is 14.8. The summed E-state index contributed by atoms with van der Waals surface area (Å²) in [7, 11) is 1.88. The second-order valence-electron chi connectivity index (χ2n) is 4.67. The molecule has 2 aromatic carbocycles. The summed E-state index contributed by atoms with van der Waals surface area (Å²) < 4.78 is 0. The van der Waals surface area contributed by atoms with Crippen molar-refractivity contribution in [3.8, 4) is 0 Å². The van der Waals surface area contributed by atoms with Gasteiger partial charge in [-0.15, -0.1) is 0 Å². The number of nitrogens with zero attached hydrogens (tertiary/aromatic N) is 5. The summed E-state index contributed by atoms with van der Waals surface area (Å²) in [5, 5.41) is 19.4. The van der Waals surface area contributed by atoms with E-state index in [1.807, 2.05) is 36.2 Å². The van der Waals surface area contributed by atoms with Crippen molar-refractivity contribution in [1.29, 1.82) is 0 Å². The maximum atomic E-state index is 10.6. The molecule has 0 fully saturated rings. The number of fused-ring (bicyclic) bond motifs is 1. The third-order valence-electron chi connectivity index (χ3n) is 3.17. The predicted molar refractivity (Wildman–Crippen MR) is 79.0 cm³/mol. The van der Waals surface area contributed by atoms with Crippen LogP contribution in [0.5, 0.6) is 0 Å². The molecule has 7 nitrogen and oxygen atoms in total. The van der Waals surface area contributed by atoms with Crippen LogP contribution >= 0.6 is 0 Å². The molecule has 0 bridgehead atoms. The van der Waals surface area contributed by atoms with E-state index in [0.29, 0.717) is 6.67 Å². The van der Waals surface area contributed by atoms with E-state index in [4.69, 9.17) is 0 Å². The zero-order valence-corrected chi connectivity index (χ0v) is 11.4. The summed E-state index contributed by atoms with van der Waals surface area (Å²) >= 11 is 0. The van der Waals surface area contributed by atoms with Gasteiger partial charge in [-0.1, -0.05) is 12.1 Å². The number of anilines is 1. The molecule has 3 rings (SSSR count). The first-order valence-electron chi connectivity index (χ1n) is 6.39. The summed E-state index contributed by atoms with van der Waals surface area (Å²) in [5.74, 6) is 0. The summed E-state index contributed by atoms with van der Waals surface area (Å²) in [6.45, 7) is 0.465. The molecular formula is C14H13N5O2. The van der Waals surface area contributed by atoms with E-state index in [0.717, 1.165) is 16.7 Å². The molecule has 0 aliphatic heterocycles. The van der Waals surface area contributed by atoms with Crippen molar-refractivity contribution in [2.24, 2.45) is 0 Å². The molecule has 0 spiro atoms. The fourth-order valence-electron chi connectivity index (χ4n) is 2.07. The van der Waals surface area contributed by atoms with Crippen LogP contribution in [0.1, 0.15) is 0 Å². The van der Waals surface area contributed by atoms with Crippen LogP contribution in [0.4, 0.5) is 11.4 Å². The van der Waals surface area contributed by atoms with Gasteiger partial charge >= 0.3 is 0 Å². The maximum Gasteiger partial charge on any atom is 0.269 e. The standard InChI is InChI=1S/C14H13N5O2/c1-17(11-6-8-12(9-7-11)19(20)21)10-18-15-13-4-2-3-5-14(13)16-18/h2-9H,10H2,1H3. The molecule has 0 saturated carbocycles. The Balaban J connectivity index is 1.78. The monoisotopic (exact) mass is 283 g/mol. The van der Waals surface area contributed by atoms with Crippen molar-refractivity contribution in [3.63, 3.8) is 0 Å². The third-order valence-corrected chi connectivity index (χ3v) is 3.17. The number of nitro benzene ring substituents is 1. The van der Waals surface area contributed by atoms with E-state index in [1.54, 1.807) is 16.9 Å². The van der Waals surface area contributed by atoms with E-state index >= 15 is 0 Å². The number of benzene rings is 2. The fraction of sp³-hybridized carbons (Fsp3) is 0.143. The Morgan fingerprint density at radius 1 is 1.10 bits per heavy atom. The van der Waals surface area contributed by atoms with Crippen molar-refractivity contribution in [2.75, 3.05) is 11.9 Å². The molecule has 0 saturated heterocycles. The SMILES string of the molecule is CN(Cn1nc2ccccc2n1)c1ccc([N+](=O)[O-])cc1. The Kier molecular flexibility index (Phi) is 3.23. The number of nitro groups is 1. The van der Waals surface area contributed by atoms with E-state index in [2.05, 4.69) is 10.2 Å². The topological polar surface area (TPSA) is 77.1 Å². The van der Waals surface area contributed by atoms with Gasteiger partial charge in [0.05, 0.1) is 4.92 Å². The molecule has 0 aliphatic carbocycles. The highest BCUT2D eigenvalue weighted by molar-refractivity contribution is 5.72. The van der Waals surface area contributed by atoms with E-state index in [-0.39, 0.29) is 5.69 Å². The lowest BCUT2D eigenvalue weighted by atomic mass is 10.3. The van der Waals surface area contributed by atoms with E-state index in [9.17, 15) is 10.1 Å². The van der Waals surface area contributed by atoms with Crippen molar-refractivity contribution in [2.45, 2.75) is 6.67 Å². The molecule has 3 aromatic rings. The highest BCUT2D eigenvalue weighted by Gasteiger charge is 2.08. The van der Waals surface area contributed by atoms with Gasteiger partial charge in [0.25, 0.3) is 5.69 Å². The van der Waals surface area contributed by atoms with E-state index in [1.165, 1.54) is 12.1 Å². The molecule has 0 aliphatic rings. The molecule has 7 heteroatoms. The molecule has 0 unspecified atom stereocenters. The number of non-ortho nitro benzene ring substituents is 1. The highest BCUT2D eigenvalue weighted by atomic mass is 16.6. The van der Waals surface area contributed by atoms with Crippen LogP contribution in [0.25, 0.3) is 11.0 Å². The largest absolute Gasteiger partial charge is 0.354 e. The summed E-state index contributed by atoms with van der Waals surface area (Å²) in [5.41, 5.74) is 2.63. The van der Waals surface area contributed by atoms with Crippen LogP contribution in [0.2, 0.25) is 0 Å². The van der Waals surface area contributed by atoms with Crippen molar-refractivity contribution in [3.05, 3.63) is 58.6 Å². The second-order valence-corrected chi connectivity index (χ2v) is 4.67. The summed E-state index contributed by atoms with van der Waals surface area (Å²) in [6, 6.07) is 14.0. The minimum absolute atomic E-state index is 0.0788. The second kappa shape index (κ2) is 5.20. The van der Waals surface area contributed by atoms with Crippen LogP contribution in [0, 0.1) is 10.1 Å². The normalized spacial score (nSPS) is 10.7. The maximum absolute atomic E-state index is 10.6. The first-order valence-corrected chi connectivity index (χ1v) is 6.39. The smallest absolute Gasteiger partial charge is 0.269 e. The van der Waals surface area contributed by atoms with Gasteiger partial charge in [0.1, 0.15) is 17.7 Å². The van der Waals surface area contributed by atoms with Gasteiger partial charge in [0, 0.05) is 24.9 Å². The number of aromatic nitrogens is 3. The Morgan fingerprint density at radius 2 is 1.67 bits per heavy atom. The average molecular weight is 283 g/mol. The molecule has 0 radical (unpaired) electrons. The molecule has 1 aromatic heterocycles. The van der Waals surface area contributed by atoms with Crippen molar-refractivity contribution in [1.82, 2.24) is 15.0 Å². The van der Waals surface area contributed by atoms with Gasteiger partial charge in [-0.2, -0.15) is 15.0 Å². The Labute approximate surface area is 120 Å². The quantitative estimate of drug-likeness (QED) is 0.543. The van der Waals surface area contributed by atoms with Gasteiger partial charge in [0.2, 0.25) is 0 Å². The lowest BCUT2D eigenvalue weighted by Crippen LogP contribution is -2.22. The van der Waals surface area contributed by atoms with Crippen LogP contribution < -0.4 is 4.90 Å². The van der Waals surface area contributed by atoms with Crippen molar-refractivity contribution >= 4 is 22.4 Å². The van der Waals surface area contributed by atoms with Crippen LogP contribution in [-0.2, 0) is 6.67 Å². The minimum atomic E-state index is -0.411. The predicted octanol–water partition coefficient (Wildman–Crippen LogP) is 2.43. The van der Waals surface area contributed by atoms with Crippen LogP contribution in [0.3, 0.4) is 0 Å². The Bertz CT molecular complexity index is 748. The van der Waals surface area contributed by atoms with Crippen LogP contribution in [0.15, 0.2) is 48.5 Å². The van der Waals surface area contributed by atoms with Gasteiger partial charge in [-0.25, -0.2) is 0 Å². The Morgan fingerprint density at radius 3 is 2.19 bits per heavy atom. The zero-order valence-electron chi connectivity index (χ0n) is 11.4. The number of hydrogen-bond donors (Lipinski definition) is 0. The Hall–Kier alpha value is -2.96. The molecular weight excluding hydrogens is 270 g/mol. The van der Waals surface area contributed by atoms with E-state index < -0.39 is 4.92 Å². The van der Waals surface area contributed by atoms with Crippen molar-refractivity contribution < 1.29 is 4.92 Å². The molecule has 0 atom stereocenters. The number of hydrogen-bond acceptors (Lipinski definition) is 5. The van der Waals surface area contributed by atoms with Gasteiger partial charge in [-0.05, 0) is 24.3 Å². The van der Waals surface area contributed by atoms with Crippen LogP contribution in [-0.4, -0.2) is 27.0 Å². The first kappa shape index (κ1) is 13.0. The molecule has 0 N–H and O–H groups in total. The summed E-state index contributed by atoms with van der Waals surface area (Å²) in [4.78, 5) is 13.8. The molecule has 0 amide bonds. The lowest BCUT2D eigenvalue weighted by molar-refractivity contribution is -0.384. The molecule has 1 heterocycles. The first-order chi connectivity index (χ1) is 10.1. The minimum Gasteiger partial charge on any atom is -0.354 e. The lowest BCUT2D eigenvalue weighted by Gasteiger charge is -2.17. The molecule has 21 heavy (non-hydrogen) atoms. The highest BCUT2D eigenvalue weighted by Crippen LogP contribution is 2.18. The fourth-order valence-corrected chi connectivity index (χ4v) is 2.07. The molecule has 106 valence electrons. The average Bonchev–Trinajstić information content (AvgIpc) is 2.89. The van der Waals surface area contributed by atoms with Gasteiger partial charge < -0.3 is 4.90 Å².